The fourth-order valence-electron chi connectivity index (χ4n) is 7.11. The molecule has 0 N–H and O–H groups in total. The van der Waals surface area contributed by atoms with Crippen LogP contribution in [0.4, 0.5) is 17.1 Å². The second-order valence-electron chi connectivity index (χ2n) is 12.2. The molecule has 0 saturated heterocycles. The predicted molar refractivity (Wildman–Crippen MR) is 187 cm³/mol. The Bertz CT molecular complexity index is 2120. The zero-order chi connectivity index (χ0) is 29.7. The number of hydrogen-bond donors (Lipinski definition) is 0. The quantitative estimate of drug-likeness (QED) is 0.201. The van der Waals surface area contributed by atoms with Crippen LogP contribution >= 0.6 is 0 Å². The summed E-state index contributed by atoms with van der Waals surface area (Å²) in [4.78, 5) is 2.47. The van der Waals surface area contributed by atoms with E-state index in [-0.39, 0.29) is 5.41 Å². The molecule has 1 nitrogen and oxygen atoms in total. The Morgan fingerprint density at radius 2 is 1.00 bits per heavy atom. The summed E-state index contributed by atoms with van der Waals surface area (Å²) in [5.74, 6) is 0. The van der Waals surface area contributed by atoms with Gasteiger partial charge >= 0.3 is 0 Å². The van der Waals surface area contributed by atoms with Gasteiger partial charge in [-0.05, 0) is 68.4 Å². The SMILES string of the molecule is CC1(C)c2ccccc2-c2c(N(c3ccc(-c4ccccc4)cc3)c3ccccc3-c3ccccc3)ccc3cccc1c23. The molecule has 0 fully saturated rings. The van der Waals surface area contributed by atoms with Crippen molar-refractivity contribution >= 4 is 27.8 Å². The van der Waals surface area contributed by atoms with Crippen LogP contribution in [0.5, 0.6) is 0 Å². The van der Waals surface area contributed by atoms with E-state index in [0.29, 0.717) is 0 Å². The van der Waals surface area contributed by atoms with Gasteiger partial charge < -0.3 is 4.90 Å². The number of para-hydroxylation sites is 1. The lowest BCUT2D eigenvalue weighted by atomic mass is 9.68. The van der Waals surface area contributed by atoms with Crippen LogP contribution in [-0.4, -0.2) is 0 Å². The number of rotatable bonds is 5. The van der Waals surface area contributed by atoms with E-state index in [1.807, 2.05) is 0 Å². The maximum absolute atomic E-state index is 2.47. The third-order valence-corrected chi connectivity index (χ3v) is 9.27. The fraction of sp³-hybridized carbons (Fsp3) is 0.0698. The van der Waals surface area contributed by atoms with Crippen molar-refractivity contribution in [1.82, 2.24) is 0 Å². The van der Waals surface area contributed by atoms with Crippen molar-refractivity contribution in [3.05, 3.63) is 175 Å². The van der Waals surface area contributed by atoms with Crippen LogP contribution in [0, 0.1) is 0 Å². The summed E-state index contributed by atoms with van der Waals surface area (Å²) in [5.41, 5.74) is 13.5. The Morgan fingerprint density at radius 1 is 0.409 bits per heavy atom. The highest BCUT2D eigenvalue weighted by atomic mass is 15.1. The summed E-state index contributed by atoms with van der Waals surface area (Å²) in [6, 6.07) is 59.6. The zero-order valence-electron chi connectivity index (χ0n) is 25.0. The highest BCUT2D eigenvalue weighted by Gasteiger charge is 2.35. The normalized spacial score (nSPS) is 13.0. The maximum atomic E-state index is 2.47. The largest absolute Gasteiger partial charge is 0.309 e. The monoisotopic (exact) mass is 563 g/mol. The molecule has 1 aliphatic rings. The smallest absolute Gasteiger partial charge is 0.0546 e. The number of anilines is 3. The first-order chi connectivity index (χ1) is 21.6. The van der Waals surface area contributed by atoms with E-state index in [4.69, 9.17) is 0 Å². The van der Waals surface area contributed by atoms with Crippen LogP contribution in [0.15, 0.2) is 164 Å². The molecular formula is C43H33N. The summed E-state index contributed by atoms with van der Waals surface area (Å²) in [6.07, 6.45) is 0. The van der Waals surface area contributed by atoms with E-state index in [2.05, 4.69) is 183 Å². The third-order valence-electron chi connectivity index (χ3n) is 9.27. The van der Waals surface area contributed by atoms with Crippen LogP contribution in [0.1, 0.15) is 25.0 Å². The first-order valence-electron chi connectivity index (χ1n) is 15.4. The van der Waals surface area contributed by atoms with Gasteiger partial charge in [0.25, 0.3) is 0 Å². The Kier molecular flexibility index (Phi) is 6.20. The molecule has 0 atom stereocenters. The Hall–Kier alpha value is -5.40. The van der Waals surface area contributed by atoms with Crippen LogP contribution in [0.2, 0.25) is 0 Å². The van der Waals surface area contributed by atoms with Gasteiger partial charge in [-0.2, -0.15) is 0 Å². The number of nitrogens with zero attached hydrogens (tertiary/aromatic N) is 1. The molecule has 0 radical (unpaired) electrons. The molecule has 0 aromatic heterocycles. The van der Waals surface area contributed by atoms with E-state index in [1.165, 1.54) is 61.0 Å². The molecule has 1 heteroatoms. The van der Waals surface area contributed by atoms with E-state index in [0.717, 1.165) is 11.4 Å². The molecule has 7 aromatic rings. The summed E-state index contributed by atoms with van der Waals surface area (Å²) < 4.78 is 0. The second kappa shape index (κ2) is 10.4. The topological polar surface area (TPSA) is 3.24 Å². The molecule has 0 heterocycles. The molecule has 210 valence electrons. The predicted octanol–water partition coefficient (Wildman–Crippen LogP) is 11.9. The average molecular weight is 564 g/mol. The Labute approximate surface area is 259 Å². The first kappa shape index (κ1) is 26.2. The van der Waals surface area contributed by atoms with Crippen molar-refractivity contribution in [3.8, 4) is 33.4 Å². The van der Waals surface area contributed by atoms with Crippen molar-refractivity contribution in [2.45, 2.75) is 19.3 Å². The van der Waals surface area contributed by atoms with Crippen LogP contribution in [0.25, 0.3) is 44.2 Å². The summed E-state index contributed by atoms with van der Waals surface area (Å²) in [5, 5.41) is 2.62. The summed E-state index contributed by atoms with van der Waals surface area (Å²) in [6.45, 7) is 4.72. The number of fused-ring (bicyclic) bond motifs is 2. The summed E-state index contributed by atoms with van der Waals surface area (Å²) >= 11 is 0. The van der Waals surface area contributed by atoms with Gasteiger partial charge in [0, 0.05) is 22.2 Å². The van der Waals surface area contributed by atoms with Gasteiger partial charge in [-0.15, -0.1) is 0 Å². The lowest BCUT2D eigenvalue weighted by Gasteiger charge is -2.38. The van der Waals surface area contributed by atoms with Crippen LogP contribution < -0.4 is 4.90 Å². The van der Waals surface area contributed by atoms with Crippen molar-refractivity contribution in [2.24, 2.45) is 0 Å². The van der Waals surface area contributed by atoms with E-state index >= 15 is 0 Å². The molecule has 7 aromatic carbocycles. The highest BCUT2D eigenvalue weighted by molar-refractivity contribution is 6.10. The van der Waals surface area contributed by atoms with E-state index < -0.39 is 0 Å². The minimum atomic E-state index is -0.105. The van der Waals surface area contributed by atoms with Gasteiger partial charge in [-0.1, -0.05) is 153 Å². The maximum Gasteiger partial charge on any atom is 0.0546 e. The Morgan fingerprint density at radius 3 is 1.75 bits per heavy atom. The zero-order valence-corrected chi connectivity index (χ0v) is 25.0. The lowest BCUT2D eigenvalue weighted by molar-refractivity contribution is 0.645. The van der Waals surface area contributed by atoms with Gasteiger partial charge in [-0.3, -0.25) is 0 Å². The van der Waals surface area contributed by atoms with Gasteiger partial charge in [-0.25, -0.2) is 0 Å². The van der Waals surface area contributed by atoms with Gasteiger partial charge in [0.15, 0.2) is 0 Å². The Balaban J connectivity index is 1.44. The molecule has 1 aliphatic carbocycles. The molecule has 0 saturated carbocycles. The van der Waals surface area contributed by atoms with Crippen molar-refractivity contribution < 1.29 is 0 Å². The molecule has 0 spiro atoms. The molecule has 8 rings (SSSR count). The molecule has 0 unspecified atom stereocenters. The van der Waals surface area contributed by atoms with Gasteiger partial charge in [0.1, 0.15) is 0 Å². The van der Waals surface area contributed by atoms with Crippen molar-refractivity contribution in [3.63, 3.8) is 0 Å². The first-order valence-corrected chi connectivity index (χ1v) is 15.4. The third kappa shape index (κ3) is 4.16. The van der Waals surface area contributed by atoms with Gasteiger partial charge in [0.05, 0.1) is 11.4 Å². The summed E-state index contributed by atoms with van der Waals surface area (Å²) in [7, 11) is 0. The van der Waals surface area contributed by atoms with Crippen LogP contribution in [0.3, 0.4) is 0 Å². The van der Waals surface area contributed by atoms with Gasteiger partial charge in [0.2, 0.25) is 0 Å². The minimum Gasteiger partial charge on any atom is -0.309 e. The standard InChI is InChI=1S/C43H33N/c1-43(2)37-21-11-9-20-36(37)42-40(29-26-33-18-13-22-38(43)41(33)42)44(34-27-24-31(25-28-34)30-14-5-3-6-15-30)39-23-12-10-19-35(39)32-16-7-4-8-17-32/h3-29H,1-2H3. The van der Waals surface area contributed by atoms with Crippen molar-refractivity contribution in [2.75, 3.05) is 4.90 Å². The van der Waals surface area contributed by atoms with Crippen LogP contribution in [-0.2, 0) is 5.41 Å². The molecule has 0 bridgehead atoms. The second-order valence-corrected chi connectivity index (χ2v) is 12.2. The average Bonchev–Trinajstić information content (AvgIpc) is 3.09. The number of hydrogen-bond acceptors (Lipinski definition) is 1. The van der Waals surface area contributed by atoms with Crippen molar-refractivity contribution in [1.29, 1.82) is 0 Å². The molecule has 0 aliphatic heterocycles. The highest BCUT2D eigenvalue weighted by Crippen LogP contribution is 2.54. The molecule has 0 amide bonds. The van der Waals surface area contributed by atoms with E-state index in [1.54, 1.807) is 0 Å². The molecule has 44 heavy (non-hydrogen) atoms. The number of benzene rings is 7. The minimum absolute atomic E-state index is 0.105. The lowest BCUT2D eigenvalue weighted by Crippen LogP contribution is -2.24. The van der Waals surface area contributed by atoms with E-state index in [9.17, 15) is 0 Å². The molecular weight excluding hydrogens is 530 g/mol. The fourth-order valence-corrected chi connectivity index (χ4v) is 7.11.